The molecule has 0 unspecified atom stereocenters. The van der Waals surface area contributed by atoms with Gasteiger partial charge in [0.15, 0.2) is 11.5 Å². The van der Waals surface area contributed by atoms with Crippen LogP contribution in [0.25, 0.3) is 0 Å². The fraction of sp³-hybridized carbons (Fsp3) is 0.311. The van der Waals surface area contributed by atoms with Crippen molar-refractivity contribution in [3.8, 4) is 29.1 Å². The Bertz CT molecular complexity index is 3330. The third-order valence-corrected chi connectivity index (χ3v) is 16.0. The largest absolute Gasteiger partial charge is 0.508 e. The standard InChI is InChI=1S/C61H56N4O12/c1-74-49-34-43-28-32-62(36-44(43)35-50(49)75-2)56(67)51-53-57(68)77-54(41-15-9-6-10-16-41)52(40-13-7-5-8-14-40)64(53)55(42-20-24-46(66)25-21-42)61(51)47-33-38(27-31-60(71)29-11-3-4-12-30-60)19-26-48(47)63(58(61)69)59(70)76-37-39-17-22-45(23-18-39)65(72)73/h5-10,13-26,33-35,51-55,66,71H,3-4,11-12,28-30,32,36-37H2,1-2H3/t51-,52-,53-,54+,55+,61-/m1/s1. The maximum atomic E-state index is 16.9. The molecule has 6 aromatic carbocycles. The molecule has 1 aliphatic carbocycles. The molecule has 0 radical (unpaired) electrons. The van der Waals surface area contributed by atoms with E-state index >= 15 is 19.2 Å². The molecule has 1 spiro atoms. The number of rotatable bonds is 9. The molecule has 1 saturated carbocycles. The number of carbonyl (C=O) groups excluding carboxylic acids is 4. The zero-order valence-electron chi connectivity index (χ0n) is 42.5. The number of fused-ring (bicyclic) bond motifs is 4. The second-order valence-corrected chi connectivity index (χ2v) is 20.4. The molecule has 2 N–H and O–H groups in total. The van der Waals surface area contributed by atoms with Crippen LogP contribution in [0, 0.1) is 27.9 Å². The number of ether oxygens (including phenoxy) is 4. The van der Waals surface area contributed by atoms with Gasteiger partial charge in [0, 0.05) is 30.8 Å². The van der Waals surface area contributed by atoms with Gasteiger partial charge in [-0.1, -0.05) is 97.5 Å². The maximum absolute atomic E-state index is 16.9. The molecule has 392 valence electrons. The Morgan fingerprint density at radius 2 is 1.43 bits per heavy atom. The number of esters is 1. The lowest BCUT2D eigenvalue weighted by Gasteiger charge is -2.46. The third-order valence-electron chi connectivity index (χ3n) is 16.0. The minimum Gasteiger partial charge on any atom is -0.508 e. The number of hydrogen-bond acceptors (Lipinski definition) is 13. The van der Waals surface area contributed by atoms with Crippen molar-refractivity contribution in [2.75, 3.05) is 25.7 Å². The number of benzene rings is 6. The highest BCUT2D eigenvalue weighted by atomic mass is 16.6. The van der Waals surface area contributed by atoms with E-state index in [9.17, 15) is 20.3 Å². The van der Waals surface area contributed by atoms with Gasteiger partial charge in [-0.05, 0) is 126 Å². The molecule has 77 heavy (non-hydrogen) atoms. The number of nitro benzene ring substituents is 1. The number of phenolic OH excluding ortho intramolecular Hbond substituents is 1. The fourth-order valence-electron chi connectivity index (χ4n) is 12.4. The summed E-state index contributed by atoms with van der Waals surface area (Å²) in [6.07, 6.45) is 2.78. The smallest absolute Gasteiger partial charge is 0.421 e. The van der Waals surface area contributed by atoms with E-state index in [1.807, 2.05) is 77.7 Å². The first-order valence-electron chi connectivity index (χ1n) is 25.9. The van der Waals surface area contributed by atoms with Crippen molar-refractivity contribution in [2.24, 2.45) is 5.92 Å². The van der Waals surface area contributed by atoms with E-state index in [0.717, 1.165) is 41.7 Å². The first-order chi connectivity index (χ1) is 37.3. The van der Waals surface area contributed by atoms with Gasteiger partial charge in [-0.25, -0.2) is 9.69 Å². The minimum atomic E-state index is -2.16. The van der Waals surface area contributed by atoms with Crippen molar-refractivity contribution in [2.45, 2.75) is 93.3 Å². The zero-order valence-corrected chi connectivity index (χ0v) is 42.5. The predicted octanol–water partition coefficient (Wildman–Crippen LogP) is 9.34. The first-order valence-corrected chi connectivity index (χ1v) is 25.9. The van der Waals surface area contributed by atoms with Gasteiger partial charge in [0.05, 0.1) is 42.8 Å². The summed E-state index contributed by atoms with van der Waals surface area (Å²) in [5, 5.41) is 34.2. The molecular weight excluding hydrogens is 981 g/mol. The lowest BCUT2D eigenvalue weighted by Crippen LogP contribution is -2.57. The number of hydrogen-bond donors (Lipinski definition) is 2. The molecule has 4 aliphatic heterocycles. The highest BCUT2D eigenvalue weighted by Crippen LogP contribution is 2.66. The van der Waals surface area contributed by atoms with E-state index in [4.69, 9.17) is 18.9 Å². The highest BCUT2D eigenvalue weighted by Gasteiger charge is 2.76. The van der Waals surface area contributed by atoms with Crippen LogP contribution in [0.2, 0.25) is 0 Å². The van der Waals surface area contributed by atoms with Crippen molar-refractivity contribution in [3.05, 3.63) is 194 Å². The van der Waals surface area contributed by atoms with Gasteiger partial charge in [0.2, 0.25) is 11.8 Å². The highest BCUT2D eigenvalue weighted by molar-refractivity contribution is 6.23. The van der Waals surface area contributed by atoms with Crippen molar-refractivity contribution in [3.63, 3.8) is 0 Å². The van der Waals surface area contributed by atoms with Gasteiger partial charge >= 0.3 is 12.1 Å². The Morgan fingerprint density at radius 3 is 2.08 bits per heavy atom. The number of nitrogens with zero attached hydrogens (tertiary/aromatic N) is 4. The number of carbonyl (C=O) groups is 4. The zero-order chi connectivity index (χ0) is 53.6. The Morgan fingerprint density at radius 1 is 0.779 bits per heavy atom. The number of morpholine rings is 1. The first kappa shape index (κ1) is 50.6. The normalized spacial score (nSPS) is 23.3. The molecule has 11 rings (SSSR count). The summed E-state index contributed by atoms with van der Waals surface area (Å²) in [4.78, 5) is 79.7. The van der Waals surface area contributed by atoms with Crippen molar-refractivity contribution < 1.29 is 53.3 Å². The van der Waals surface area contributed by atoms with Crippen LogP contribution in [0.5, 0.6) is 17.2 Å². The van der Waals surface area contributed by atoms with E-state index in [1.54, 1.807) is 42.3 Å². The van der Waals surface area contributed by atoms with Gasteiger partial charge in [-0.2, -0.15) is 0 Å². The molecular formula is C61H56N4O12. The lowest BCUT2D eigenvalue weighted by molar-refractivity contribution is -0.384. The molecule has 16 heteroatoms. The van der Waals surface area contributed by atoms with Gasteiger partial charge in [-0.3, -0.25) is 29.4 Å². The lowest BCUT2D eigenvalue weighted by atomic mass is 9.64. The molecule has 3 amide bonds. The van der Waals surface area contributed by atoms with Gasteiger partial charge in [-0.15, -0.1) is 0 Å². The van der Waals surface area contributed by atoms with E-state index in [1.165, 1.54) is 43.5 Å². The molecule has 2 saturated heterocycles. The van der Waals surface area contributed by atoms with Gasteiger partial charge in [0.25, 0.3) is 5.69 Å². The van der Waals surface area contributed by atoms with Crippen LogP contribution in [0.15, 0.2) is 140 Å². The average Bonchev–Trinajstić information content (AvgIpc) is 3.18. The monoisotopic (exact) mass is 1040 g/mol. The summed E-state index contributed by atoms with van der Waals surface area (Å²) in [6, 6.07) is 35.5. The summed E-state index contributed by atoms with van der Waals surface area (Å²) < 4.78 is 24.0. The van der Waals surface area contributed by atoms with Crippen molar-refractivity contribution in [1.29, 1.82) is 0 Å². The topological polar surface area (TPSA) is 199 Å². The number of aliphatic hydroxyl groups is 1. The van der Waals surface area contributed by atoms with Crippen LogP contribution in [0.3, 0.4) is 0 Å². The molecule has 6 atom stereocenters. The number of phenols is 1. The summed E-state index contributed by atoms with van der Waals surface area (Å²) in [6.45, 7) is -0.139. The summed E-state index contributed by atoms with van der Waals surface area (Å²) in [5.74, 6) is 3.48. The second kappa shape index (κ2) is 20.5. The van der Waals surface area contributed by atoms with Crippen molar-refractivity contribution >= 4 is 35.3 Å². The molecule has 0 bridgehead atoms. The number of cyclic esters (lactones) is 1. The molecule has 16 nitrogen and oxygen atoms in total. The SMILES string of the molecule is COc1cc2c(cc1OC)CN(C(=O)[C@H]1[C@@H]3C(=O)O[C@@H](c4ccccc4)[C@@H](c4ccccc4)N3[C@@H](c3ccc(O)cc3)[C@]13C(=O)N(C(=O)OCc1ccc([N+](=O)[O-])cc1)c1ccc(C#CC4(O)CCCCCC4)cc13)CC2. The second-order valence-electron chi connectivity index (χ2n) is 20.4. The number of aromatic hydroxyl groups is 1. The minimum absolute atomic E-state index is 0.0631. The van der Waals surface area contributed by atoms with Crippen molar-refractivity contribution in [1.82, 2.24) is 9.80 Å². The third kappa shape index (κ3) is 8.98. The molecule has 3 fully saturated rings. The van der Waals surface area contributed by atoms with Gasteiger partial charge in [0.1, 0.15) is 35.5 Å². The summed E-state index contributed by atoms with van der Waals surface area (Å²) in [5.41, 5.74) is 0.956. The average molecular weight is 1040 g/mol. The van der Waals surface area contributed by atoms with E-state index < -0.39 is 70.0 Å². The van der Waals surface area contributed by atoms with E-state index in [0.29, 0.717) is 58.6 Å². The quantitative estimate of drug-likeness (QED) is 0.0457. The molecule has 6 aromatic rings. The van der Waals surface area contributed by atoms with Crippen LogP contribution < -0.4 is 14.4 Å². The fourth-order valence-corrected chi connectivity index (χ4v) is 12.4. The Labute approximate surface area is 444 Å². The number of imide groups is 1. The van der Waals surface area contributed by atoms with E-state index in [-0.39, 0.29) is 42.4 Å². The van der Waals surface area contributed by atoms with Crippen LogP contribution in [-0.4, -0.2) is 81.2 Å². The van der Waals surface area contributed by atoms with Crippen LogP contribution in [0.4, 0.5) is 16.2 Å². The molecule has 0 aromatic heterocycles. The molecule has 5 aliphatic rings. The van der Waals surface area contributed by atoms with Crippen LogP contribution in [-0.2, 0) is 48.8 Å². The van der Waals surface area contributed by atoms with E-state index in [2.05, 4.69) is 11.8 Å². The Balaban J connectivity index is 1.16. The summed E-state index contributed by atoms with van der Waals surface area (Å²) in [7, 11) is 3.08. The number of nitro groups is 1. The number of non-ortho nitro benzene ring substituents is 1. The number of anilines is 1. The van der Waals surface area contributed by atoms with Gasteiger partial charge < -0.3 is 34.1 Å². The van der Waals surface area contributed by atoms with Crippen LogP contribution in [0.1, 0.15) is 101 Å². The number of methoxy groups -OCH3 is 2. The summed E-state index contributed by atoms with van der Waals surface area (Å²) >= 11 is 0. The Kier molecular flexibility index (Phi) is 13.5. The Hall–Kier alpha value is -8.52. The maximum Gasteiger partial charge on any atom is 0.421 e. The molecule has 4 heterocycles. The number of amides is 3. The van der Waals surface area contributed by atoms with Crippen LogP contribution >= 0.6 is 0 Å². The predicted molar refractivity (Wildman–Crippen MR) is 282 cm³/mol.